The monoisotopic (exact) mass is 177 g/mol. The van der Waals surface area contributed by atoms with E-state index in [4.69, 9.17) is 10.2 Å². The Labute approximate surface area is 73.5 Å². The highest BCUT2D eigenvalue weighted by Gasteiger charge is 2.12. The van der Waals surface area contributed by atoms with Crippen LogP contribution in [-0.4, -0.2) is 16.0 Å². The minimum absolute atomic E-state index is 0.182. The molecule has 2 aromatic rings. The maximum absolute atomic E-state index is 11.5. The first-order valence-electron chi connectivity index (χ1n) is 3.65. The van der Waals surface area contributed by atoms with Gasteiger partial charge in [0.25, 0.3) is 0 Å². The third-order valence-corrected chi connectivity index (χ3v) is 1.63. The molecule has 0 amide bonds. The van der Waals surface area contributed by atoms with Crippen molar-refractivity contribution in [3.05, 3.63) is 35.9 Å². The van der Waals surface area contributed by atoms with Gasteiger partial charge < -0.3 is 10.2 Å². The van der Waals surface area contributed by atoms with Crippen LogP contribution in [0, 0.1) is 0 Å². The van der Waals surface area contributed by atoms with Gasteiger partial charge in [0.2, 0.25) is 5.78 Å². The van der Waals surface area contributed by atoms with Crippen LogP contribution in [0.15, 0.2) is 29.1 Å². The van der Waals surface area contributed by atoms with Crippen LogP contribution in [0.3, 0.4) is 0 Å². The van der Waals surface area contributed by atoms with Crippen LogP contribution in [-0.2, 0) is 0 Å². The largest absolute Gasteiger partial charge is 0.472 e. The Morgan fingerprint density at radius 3 is 3.00 bits per heavy atom. The van der Waals surface area contributed by atoms with E-state index in [1.807, 2.05) is 0 Å². The zero-order valence-electron chi connectivity index (χ0n) is 6.65. The standard InChI is InChI=1S/C8H7N3O2/c9-7-3-6(10-11-7)8(12)5-1-2-13-4-5/h1-4H,(H3,9,10,11). The van der Waals surface area contributed by atoms with Gasteiger partial charge in [0.05, 0.1) is 11.8 Å². The molecule has 0 unspecified atom stereocenters. The van der Waals surface area contributed by atoms with E-state index in [1.54, 1.807) is 6.07 Å². The molecule has 3 N–H and O–H groups in total. The first-order chi connectivity index (χ1) is 6.27. The Morgan fingerprint density at radius 2 is 2.46 bits per heavy atom. The summed E-state index contributed by atoms with van der Waals surface area (Å²) in [4.78, 5) is 11.5. The summed E-state index contributed by atoms with van der Waals surface area (Å²) in [5.74, 6) is 0.116. The van der Waals surface area contributed by atoms with Crippen LogP contribution in [0.2, 0.25) is 0 Å². The molecule has 0 atom stereocenters. The van der Waals surface area contributed by atoms with Crippen molar-refractivity contribution in [1.29, 1.82) is 0 Å². The lowest BCUT2D eigenvalue weighted by atomic mass is 10.2. The molecule has 2 heterocycles. The first kappa shape index (κ1) is 7.60. The molecule has 0 fully saturated rings. The Bertz CT molecular complexity index is 416. The Balaban J connectivity index is 2.33. The molecule has 0 spiro atoms. The van der Waals surface area contributed by atoms with E-state index in [2.05, 4.69) is 10.2 Å². The Hall–Kier alpha value is -2.04. The molecule has 0 radical (unpaired) electrons. The molecule has 5 heteroatoms. The summed E-state index contributed by atoms with van der Waals surface area (Å²) in [7, 11) is 0. The van der Waals surface area contributed by atoms with Crippen LogP contribution in [0.4, 0.5) is 5.82 Å². The van der Waals surface area contributed by atoms with E-state index < -0.39 is 0 Å². The second-order valence-corrected chi connectivity index (χ2v) is 2.55. The van der Waals surface area contributed by atoms with E-state index >= 15 is 0 Å². The fourth-order valence-corrected chi connectivity index (χ4v) is 1.00. The van der Waals surface area contributed by atoms with Crippen molar-refractivity contribution in [2.75, 3.05) is 5.73 Å². The van der Waals surface area contributed by atoms with Crippen LogP contribution in [0.25, 0.3) is 0 Å². The third-order valence-electron chi connectivity index (χ3n) is 1.63. The summed E-state index contributed by atoms with van der Waals surface area (Å²) >= 11 is 0. The number of nitrogens with one attached hydrogen (secondary N) is 1. The van der Waals surface area contributed by atoms with E-state index in [0.717, 1.165) is 0 Å². The first-order valence-corrected chi connectivity index (χ1v) is 3.65. The summed E-state index contributed by atoms with van der Waals surface area (Å²) in [5, 5.41) is 6.18. The van der Waals surface area contributed by atoms with Gasteiger partial charge in [0.15, 0.2) is 0 Å². The van der Waals surface area contributed by atoms with E-state index in [9.17, 15) is 4.79 Å². The lowest BCUT2D eigenvalue weighted by Crippen LogP contribution is -1.99. The zero-order chi connectivity index (χ0) is 9.26. The quantitative estimate of drug-likeness (QED) is 0.665. The molecule has 2 rings (SSSR count). The fourth-order valence-electron chi connectivity index (χ4n) is 1.00. The van der Waals surface area contributed by atoms with Crippen molar-refractivity contribution < 1.29 is 9.21 Å². The molecule has 2 aromatic heterocycles. The number of hydrogen-bond acceptors (Lipinski definition) is 4. The van der Waals surface area contributed by atoms with Gasteiger partial charge in [-0.3, -0.25) is 9.89 Å². The third kappa shape index (κ3) is 1.31. The fraction of sp³-hybridized carbons (Fsp3) is 0. The number of carbonyl (C=O) groups is 1. The second kappa shape index (κ2) is 2.78. The average molecular weight is 177 g/mol. The van der Waals surface area contributed by atoms with Gasteiger partial charge >= 0.3 is 0 Å². The topological polar surface area (TPSA) is 84.9 Å². The number of ketones is 1. The molecule has 0 saturated carbocycles. The molecule has 0 aromatic carbocycles. The number of aromatic amines is 1. The average Bonchev–Trinajstić information content (AvgIpc) is 2.72. The number of nitrogen functional groups attached to an aromatic ring is 1. The van der Waals surface area contributed by atoms with Gasteiger partial charge in [-0.25, -0.2) is 0 Å². The van der Waals surface area contributed by atoms with Gasteiger partial charge in [-0.2, -0.15) is 5.10 Å². The highest BCUT2D eigenvalue weighted by molar-refractivity contribution is 6.07. The van der Waals surface area contributed by atoms with Gasteiger partial charge in [-0.05, 0) is 6.07 Å². The number of rotatable bonds is 2. The van der Waals surface area contributed by atoms with Crippen molar-refractivity contribution in [3.63, 3.8) is 0 Å². The summed E-state index contributed by atoms with van der Waals surface area (Å²) in [5.41, 5.74) is 6.19. The minimum atomic E-state index is -0.182. The van der Waals surface area contributed by atoms with Crippen LogP contribution in [0.1, 0.15) is 16.1 Å². The van der Waals surface area contributed by atoms with Gasteiger partial charge in [0.1, 0.15) is 17.8 Å². The van der Waals surface area contributed by atoms with Crippen molar-refractivity contribution in [2.24, 2.45) is 0 Å². The van der Waals surface area contributed by atoms with Crippen molar-refractivity contribution in [3.8, 4) is 0 Å². The predicted octanol–water partition coefficient (Wildman–Crippen LogP) is 0.816. The van der Waals surface area contributed by atoms with Crippen molar-refractivity contribution in [1.82, 2.24) is 10.2 Å². The summed E-state index contributed by atoms with van der Waals surface area (Å²) in [6.07, 6.45) is 2.81. The lowest BCUT2D eigenvalue weighted by molar-refractivity contribution is 0.103. The Morgan fingerprint density at radius 1 is 1.62 bits per heavy atom. The SMILES string of the molecule is Nc1cc(C(=O)c2ccoc2)[nH]n1. The maximum Gasteiger partial charge on any atom is 0.214 e. The highest BCUT2D eigenvalue weighted by atomic mass is 16.3. The summed E-state index contributed by atoms with van der Waals surface area (Å²) in [6, 6.07) is 3.06. The van der Waals surface area contributed by atoms with Gasteiger partial charge in [0, 0.05) is 6.07 Å². The maximum atomic E-state index is 11.5. The number of carbonyl (C=O) groups excluding carboxylic acids is 1. The molecular weight excluding hydrogens is 170 g/mol. The highest BCUT2D eigenvalue weighted by Crippen LogP contribution is 2.09. The smallest absolute Gasteiger partial charge is 0.214 e. The van der Waals surface area contributed by atoms with Crippen LogP contribution < -0.4 is 5.73 Å². The number of nitrogens with zero attached hydrogens (tertiary/aromatic N) is 1. The zero-order valence-corrected chi connectivity index (χ0v) is 6.65. The molecule has 5 nitrogen and oxygen atoms in total. The normalized spacial score (nSPS) is 10.2. The molecule has 66 valence electrons. The van der Waals surface area contributed by atoms with E-state index in [0.29, 0.717) is 17.1 Å². The molecule has 13 heavy (non-hydrogen) atoms. The molecule has 0 aliphatic carbocycles. The minimum Gasteiger partial charge on any atom is -0.472 e. The number of hydrogen-bond donors (Lipinski definition) is 2. The van der Waals surface area contributed by atoms with Crippen molar-refractivity contribution >= 4 is 11.6 Å². The number of anilines is 1. The van der Waals surface area contributed by atoms with E-state index in [-0.39, 0.29) is 5.78 Å². The molecule has 0 bridgehead atoms. The lowest BCUT2D eigenvalue weighted by Gasteiger charge is -1.89. The van der Waals surface area contributed by atoms with Crippen LogP contribution >= 0.6 is 0 Å². The van der Waals surface area contributed by atoms with Crippen molar-refractivity contribution in [2.45, 2.75) is 0 Å². The molecule has 0 aliphatic rings. The van der Waals surface area contributed by atoms with Gasteiger partial charge in [-0.15, -0.1) is 0 Å². The number of furan rings is 1. The number of nitrogens with two attached hydrogens (primary N) is 1. The molecule has 0 saturated heterocycles. The van der Waals surface area contributed by atoms with E-state index in [1.165, 1.54) is 18.6 Å². The molecule has 0 aliphatic heterocycles. The van der Waals surface area contributed by atoms with Gasteiger partial charge in [-0.1, -0.05) is 0 Å². The summed E-state index contributed by atoms with van der Waals surface area (Å²) in [6.45, 7) is 0. The van der Waals surface area contributed by atoms with Crippen LogP contribution in [0.5, 0.6) is 0 Å². The number of aromatic nitrogens is 2. The summed E-state index contributed by atoms with van der Waals surface area (Å²) < 4.78 is 4.78. The Kier molecular flexibility index (Phi) is 1.63. The number of H-pyrrole nitrogens is 1. The molecular formula is C8H7N3O2. The second-order valence-electron chi connectivity index (χ2n) is 2.55. The predicted molar refractivity (Wildman–Crippen MR) is 45.1 cm³/mol.